The van der Waals surface area contributed by atoms with E-state index in [-0.39, 0.29) is 11.7 Å². The Labute approximate surface area is 160 Å². The highest BCUT2D eigenvalue weighted by molar-refractivity contribution is 8.14. The molecule has 1 aliphatic heterocycles. The van der Waals surface area contributed by atoms with Crippen molar-refractivity contribution in [2.45, 2.75) is 64.4 Å². The van der Waals surface area contributed by atoms with Crippen molar-refractivity contribution < 1.29 is 42.9 Å². The maximum absolute atomic E-state index is 11.6. The number of nitrogens with one attached hydrogen (secondary N) is 1. The Balaban J connectivity index is 3.29. The molecule has 1 saturated heterocycles. The van der Waals surface area contributed by atoms with Crippen molar-refractivity contribution in [3.63, 3.8) is 0 Å². The van der Waals surface area contributed by atoms with Crippen molar-refractivity contribution in [3.8, 4) is 0 Å². The average molecular weight is 405 g/mol. The standard InChI is InChI=1S/C16H23NO9S/c1-7(18)17-13-15(25-10(4)21)14(24-9(3)20)12(6-23-8(2)19)26-16(13)27-11(5)22/h12-16H,6H2,1-5H3,(H,17,18)/t12-,13-,14-,15-,16?/m1/s1. The molecule has 0 spiro atoms. The number of hydrogen-bond donors (Lipinski definition) is 1. The van der Waals surface area contributed by atoms with Crippen LogP contribution >= 0.6 is 11.8 Å². The number of carbonyl (C=O) groups is 5. The molecule has 1 aliphatic rings. The lowest BCUT2D eigenvalue weighted by molar-refractivity contribution is -0.211. The van der Waals surface area contributed by atoms with Crippen molar-refractivity contribution >= 4 is 40.7 Å². The van der Waals surface area contributed by atoms with Gasteiger partial charge in [0.1, 0.15) is 24.2 Å². The fourth-order valence-electron chi connectivity index (χ4n) is 2.55. The van der Waals surface area contributed by atoms with E-state index >= 15 is 0 Å². The maximum Gasteiger partial charge on any atom is 0.303 e. The van der Waals surface area contributed by atoms with Crippen molar-refractivity contribution in [2.75, 3.05) is 6.61 Å². The fourth-order valence-corrected chi connectivity index (χ4v) is 3.45. The molecule has 1 unspecified atom stereocenters. The summed E-state index contributed by atoms with van der Waals surface area (Å²) in [6.45, 7) is 5.74. The smallest absolute Gasteiger partial charge is 0.303 e. The zero-order chi connectivity index (χ0) is 20.7. The third-order valence-corrected chi connectivity index (χ3v) is 4.32. The van der Waals surface area contributed by atoms with Crippen LogP contribution in [0, 0.1) is 0 Å². The first kappa shape index (κ1) is 22.9. The number of hydrogen-bond acceptors (Lipinski definition) is 10. The van der Waals surface area contributed by atoms with Crippen LogP contribution in [0.15, 0.2) is 0 Å². The number of carbonyl (C=O) groups excluding carboxylic acids is 5. The van der Waals surface area contributed by atoms with Gasteiger partial charge in [0.25, 0.3) is 0 Å². The predicted molar refractivity (Wildman–Crippen MR) is 92.3 cm³/mol. The van der Waals surface area contributed by atoms with Crippen LogP contribution in [0.1, 0.15) is 34.6 Å². The van der Waals surface area contributed by atoms with Gasteiger partial charge in [-0.15, -0.1) is 0 Å². The van der Waals surface area contributed by atoms with Gasteiger partial charge >= 0.3 is 17.9 Å². The molecule has 0 aromatic carbocycles. The average Bonchev–Trinajstić information content (AvgIpc) is 2.49. The van der Waals surface area contributed by atoms with Crippen LogP contribution in [0.4, 0.5) is 0 Å². The molecule has 11 heteroatoms. The first-order valence-corrected chi connectivity index (χ1v) is 8.96. The summed E-state index contributed by atoms with van der Waals surface area (Å²) >= 11 is 0.767. The highest BCUT2D eigenvalue weighted by Crippen LogP contribution is 2.32. The number of ether oxygens (including phenoxy) is 4. The zero-order valence-electron chi connectivity index (χ0n) is 15.7. The highest BCUT2D eigenvalue weighted by atomic mass is 32.2. The molecule has 1 heterocycles. The molecular formula is C16H23NO9S. The lowest BCUT2D eigenvalue weighted by atomic mass is 9.97. The Morgan fingerprint density at radius 2 is 1.44 bits per heavy atom. The second-order valence-corrected chi connectivity index (χ2v) is 7.10. The molecule has 1 rings (SSSR count). The SMILES string of the molecule is CC(=O)N[C@H]1C(SC(C)=O)O[C@H](COC(C)=O)[C@@H](OC(C)=O)[C@@H]1OC(C)=O. The fraction of sp³-hybridized carbons (Fsp3) is 0.688. The van der Waals surface area contributed by atoms with E-state index in [0.29, 0.717) is 0 Å². The van der Waals surface area contributed by atoms with Crippen LogP contribution in [-0.2, 0) is 42.9 Å². The molecule has 1 amide bonds. The number of esters is 3. The van der Waals surface area contributed by atoms with Gasteiger partial charge in [0, 0.05) is 34.6 Å². The monoisotopic (exact) mass is 405 g/mol. The van der Waals surface area contributed by atoms with Gasteiger partial charge < -0.3 is 24.3 Å². The van der Waals surface area contributed by atoms with E-state index in [0.717, 1.165) is 25.6 Å². The minimum absolute atomic E-state index is 0.299. The van der Waals surface area contributed by atoms with E-state index in [1.54, 1.807) is 0 Å². The third-order valence-electron chi connectivity index (χ3n) is 3.35. The first-order chi connectivity index (χ1) is 12.5. The summed E-state index contributed by atoms with van der Waals surface area (Å²) in [6.07, 6.45) is -3.32. The van der Waals surface area contributed by atoms with Gasteiger partial charge in [-0.25, -0.2) is 0 Å². The minimum Gasteiger partial charge on any atom is -0.463 e. The lowest BCUT2D eigenvalue weighted by Gasteiger charge is -2.44. The molecule has 0 aromatic rings. The second-order valence-electron chi connectivity index (χ2n) is 5.83. The van der Waals surface area contributed by atoms with Crippen molar-refractivity contribution in [2.24, 2.45) is 0 Å². The van der Waals surface area contributed by atoms with Gasteiger partial charge in [-0.3, -0.25) is 24.0 Å². The summed E-state index contributed by atoms with van der Waals surface area (Å²) in [7, 11) is 0. The maximum atomic E-state index is 11.6. The summed E-state index contributed by atoms with van der Waals surface area (Å²) in [5.41, 5.74) is -0.955. The van der Waals surface area contributed by atoms with E-state index in [2.05, 4.69) is 5.32 Å². The number of amides is 1. The molecular weight excluding hydrogens is 382 g/mol. The van der Waals surface area contributed by atoms with Crippen molar-refractivity contribution in [3.05, 3.63) is 0 Å². The largest absolute Gasteiger partial charge is 0.463 e. The number of rotatable bonds is 6. The normalized spacial score (nSPS) is 27.2. The highest BCUT2D eigenvalue weighted by Gasteiger charge is 2.51. The van der Waals surface area contributed by atoms with Crippen molar-refractivity contribution in [1.82, 2.24) is 5.32 Å². The van der Waals surface area contributed by atoms with Gasteiger partial charge in [-0.2, -0.15) is 0 Å². The molecule has 0 radical (unpaired) electrons. The van der Waals surface area contributed by atoms with Crippen molar-refractivity contribution in [1.29, 1.82) is 0 Å². The molecule has 10 nitrogen and oxygen atoms in total. The Bertz CT molecular complexity index is 609. The van der Waals surface area contributed by atoms with Gasteiger partial charge in [-0.1, -0.05) is 11.8 Å². The first-order valence-electron chi connectivity index (χ1n) is 8.08. The molecule has 0 saturated carbocycles. The molecule has 0 aliphatic carbocycles. The van der Waals surface area contributed by atoms with Gasteiger partial charge in [-0.05, 0) is 0 Å². The topological polar surface area (TPSA) is 134 Å². The Hall–Kier alpha value is -2.14. The predicted octanol–water partition coefficient (Wildman–Crippen LogP) is -0.0778. The van der Waals surface area contributed by atoms with Crippen LogP contribution in [0.3, 0.4) is 0 Å². The molecule has 1 fully saturated rings. The minimum atomic E-state index is -1.16. The van der Waals surface area contributed by atoms with Gasteiger partial charge in [0.05, 0.1) is 0 Å². The third kappa shape index (κ3) is 7.55. The summed E-state index contributed by atoms with van der Waals surface area (Å²) in [4.78, 5) is 57.5. The second kappa shape index (κ2) is 10.3. The Morgan fingerprint density at radius 1 is 0.889 bits per heavy atom. The van der Waals surface area contributed by atoms with E-state index in [1.165, 1.54) is 20.8 Å². The van der Waals surface area contributed by atoms with E-state index in [4.69, 9.17) is 18.9 Å². The van der Waals surface area contributed by atoms with Gasteiger partial charge in [0.2, 0.25) is 5.91 Å². The Kier molecular flexibility index (Phi) is 8.70. The van der Waals surface area contributed by atoms with Crippen LogP contribution in [-0.4, -0.2) is 65.3 Å². The molecule has 27 heavy (non-hydrogen) atoms. The molecule has 0 aromatic heterocycles. The van der Waals surface area contributed by atoms with Crippen LogP contribution in [0.5, 0.6) is 0 Å². The quantitative estimate of drug-likeness (QED) is 0.472. The van der Waals surface area contributed by atoms with E-state index < -0.39 is 53.6 Å². The summed E-state index contributed by atoms with van der Waals surface area (Å²) < 4.78 is 21.2. The molecule has 152 valence electrons. The number of thioether (sulfide) groups is 1. The van der Waals surface area contributed by atoms with Gasteiger partial charge in [0.15, 0.2) is 17.3 Å². The molecule has 5 atom stereocenters. The molecule has 0 bridgehead atoms. The zero-order valence-corrected chi connectivity index (χ0v) is 16.5. The summed E-state index contributed by atoms with van der Waals surface area (Å²) in [6, 6.07) is -0.974. The Morgan fingerprint density at radius 3 is 1.89 bits per heavy atom. The van der Waals surface area contributed by atoms with Crippen LogP contribution < -0.4 is 5.32 Å². The summed E-state index contributed by atoms with van der Waals surface area (Å²) in [5.74, 6) is -2.43. The van der Waals surface area contributed by atoms with Crippen LogP contribution in [0.25, 0.3) is 0 Å². The van der Waals surface area contributed by atoms with E-state index in [9.17, 15) is 24.0 Å². The lowest BCUT2D eigenvalue weighted by Crippen LogP contribution is -2.65. The molecule has 1 N–H and O–H groups in total. The summed E-state index contributed by atoms with van der Waals surface area (Å²) in [5, 5.41) is 2.26. The van der Waals surface area contributed by atoms with E-state index in [1.807, 2.05) is 0 Å². The van der Waals surface area contributed by atoms with Crippen LogP contribution in [0.2, 0.25) is 0 Å².